The van der Waals surface area contributed by atoms with Crippen molar-refractivity contribution >= 4 is 5.69 Å². The molecule has 0 bridgehead atoms. The van der Waals surface area contributed by atoms with Gasteiger partial charge in [0.05, 0.1) is 12.3 Å². The van der Waals surface area contributed by atoms with Crippen molar-refractivity contribution in [1.29, 1.82) is 0 Å². The van der Waals surface area contributed by atoms with Gasteiger partial charge in [-0.15, -0.1) is 0 Å². The highest BCUT2D eigenvalue weighted by Gasteiger charge is 2.04. The van der Waals surface area contributed by atoms with E-state index in [0.29, 0.717) is 6.61 Å². The summed E-state index contributed by atoms with van der Waals surface area (Å²) in [5.41, 5.74) is 7.52. The summed E-state index contributed by atoms with van der Waals surface area (Å²) >= 11 is 0. The third kappa shape index (κ3) is 3.72. The molecular formula is C12H21N3O. The van der Waals surface area contributed by atoms with Crippen LogP contribution in [0.1, 0.15) is 20.8 Å². The molecule has 0 aliphatic carbocycles. The van der Waals surface area contributed by atoms with Gasteiger partial charge in [0.15, 0.2) is 0 Å². The van der Waals surface area contributed by atoms with E-state index in [4.69, 9.17) is 4.74 Å². The SMILES string of the molecule is CCNN(NCC)c1cccc(OCC)c1. The molecule has 4 nitrogen and oxygen atoms in total. The third-order valence-corrected chi connectivity index (χ3v) is 2.02. The predicted octanol–water partition coefficient (Wildman–Crippen LogP) is 1.94. The highest BCUT2D eigenvalue weighted by atomic mass is 16.5. The molecule has 0 aromatic heterocycles. The van der Waals surface area contributed by atoms with Gasteiger partial charge in [-0.05, 0) is 19.1 Å². The Balaban J connectivity index is 2.77. The summed E-state index contributed by atoms with van der Waals surface area (Å²) in [5.74, 6) is 0.890. The van der Waals surface area contributed by atoms with Gasteiger partial charge in [0.1, 0.15) is 5.75 Å². The molecule has 0 atom stereocenters. The van der Waals surface area contributed by atoms with Crippen molar-refractivity contribution < 1.29 is 4.74 Å². The monoisotopic (exact) mass is 223 g/mol. The van der Waals surface area contributed by atoms with Crippen LogP contribution >= 0.6 is 0 Å². The van der Waals surface area contributed by atoms with E-state index in [1.807, 2.05) is 36.3 Å². The zero-order chi connectivity index (χ0) is 11.8. The smallest absolute Gasteiger partial charge is 0.121 e. The standard InChI is InChI=1S/C12H21N3O/c1-4-13-15(14-5-2)11-8-7-9-12(10-11)16-6-3/h7-10,13-14H,4-6H2,1-3H3. The number of anilines is 1. The Hall–Kier alpha value is -1.26. The molecule has 1 rings (SSSR count). The first-order chi connectivity index (χ1) is 7.81. The minimum atomic E-state index is 0.686. The van der Waals surface area contributed by atoms with Gasteiger partial charge >= 0.3 is 0 Å². The number of ether oxygens (including phenoxy) is 1. The molecule has 0 unspecified atom stereocenters. The highest BCUT2D eigenvalue weighted by molar-refractivity contribution is 5.48. The van der Waals surface area contributed by atoms with Gasteiger partial charge < -0.3 is 4.74 Å². The molecule has 4 heteroatoms. The van der Waals surface area contributed by atoms with Crippen LogP contribution in [-0.2, 0) is 0 Å². The maximum atomic E-state index is 5.47. The fourth-order valence-corrected chi connectivity index (χ4v) is 1.43. The zero-order valence-electron chi connectivity index (χ0n) is 10.3. The molecule has 16 heavy (non-hydrogen) atoms. The summed E-state index contributed by atoms with van der Waals surface area (Å²) < 4.78 is 5.47. The second-order valence-corrected chi connectivity index (χ2v) is 3.29. The number of nitrogens with one attached hydrogen (secondary N) is 2. The Labute approximate surface area is 97.5 Å². The summed E-state index contributed by atoms with van der Waals surface area (Å²) in [6.07, 6.45) is 0. The molecule has 0 heterocycles. The van der Waals surface area contributed by atoms with Gasteiger partial charge in [-0.1, -0.05) is 19.9 Å². The number of nitrogens with zero attached hydrogens (tertiary/aromatic N) is 1. The van der Waals surface area contributed by atoms with Crippen LogP contribution in [0.5, 0.6) is 5.75 Å². The molecule has 90 valence electrons. The maximum absolute atomic E-state index is 5.47. The average molecular weight is 223 g/mol. The molecule has 0 aliphatic rings. The van der Waals surface area contributed by atoms with Crippen molar-refractivity contribution in [3.63, 3.8) is 0 Å². The molecule has 0 spiro atoms. The number of hydrazine groups is 2. The molecule has 0 amide bonds. The highest BCUT2D eigenvalue weighted by Crippen LogP contribution is 2.18. The fourth-order valence-electron chi connectivity index (χ4n) is 1.43. The first-order valence-electron chi connectivity index (χ1n) is 5.81. The van der Waals surface area contributed by atoms with Crippen molar-refractivity contribution in [2.75, 3.05) is 24.8 Å². The molecule has 0 fully saturated rings. The van der Waals surface area contributed by atoms with Crippen LogP contribution in [0, 0.1) is 0 Å². The van der Waals surface area contributed by atoms with Crippen LogP contribution in [-0.4, -0.2) is 19.7 Å². The molecule has 2 N–H and O–H groups in total. The van der Waals surface area contributed by atoms with Gasteiger partial charge in [0.2, 0.25) is 0 Å². The summed E-state index contributed by atoms with van der Waals surface area (Å²) in [5, 5.41) is 1.92. The van der Waals surface area contributed by atoms with Crippen molar-refractivity contribution in [2.24, 2.45) is 0 Å². The molecule has 0 saturated heterocycles. The maximum Gasteiger partial charge on any atom is 0.121 e. The summed E-state index contributed by atoms with van der Waals surface area (Å²) in [6, 6.07) is 7.99. The van der Waals surface area contributed by atoms with Gasteiger partial charge in [-0.25, -0.2) is 16.0 Å². The minimum Gasteiger partial charge on any atom is -0.494 e. The van der Waals surface area contributed by atoms with Crippen LogP contribution in [0.2, 0.25) is 0 Å². The molecular weight excluding hydrogens is 202 g/mol. The van der Waals surface area contributed by atoms with E-state index in [2.05, 4.69) is 24.7 Å². The number of hydrogen-bond donors (Lipinski definition) is 2. The Bertz CT molecular complexity index is 298. The Morgan fingerprint density at radius 1 is 1.12 bits per heavy atom. The average Bonchev–Trinajstić information content (AvgIpc) is 2.30. The Kier molecular flexibility index (Phi) is 5.67. The zero-order valence-corrected chi connectivity index (χ0v) is 10.3. The van der Waals surface area contributed by atoms with E-state index >= 15 is 0 Å². The minimum absolute atomic E-state index is 0.686. The Morgan fingerprint density at radius 3 is 2.38 bits per heavy atom. The van der Waals surface area contributed by atoms with E-state index in [9.17, 15) is 0 Å². The molecule has 1 aromatic carbocycles. The topological polar surface area (TPSA) is 36.5 Å². The second kappa shape index (κ2) is 7.09. The van der Waals surface area contributed by atoms with Crippen LogP contribution in [0.15, 0.2) is 24.3 Å². The predicted molar refractivity (Wildman–Crippen MR) is 67.4 cm³/mol. The number of rotatable bonds is 7. The third-order valence-electron chi connectivity index (χ3n) is 2.02. The second-order valence-electron chi connectivity index (χ2n) is 3.29. The van der Waals surface area contributed by atoms with Crippen molar-refractivity contribution in [3.8, 4) is 5.75 Å². The lowest BCUT2D eigenvalue weighted by molar-refractivity contribution is 0.340. The fraction of sp³-hybridized carbons (Fsp3) is 0.500. The normalized spacial score (nSPS) is 10.2. The summed E-state index contributed by atoms with van der Waals surface area (Å²) in [4.78, 5) is 0. The molecule has 0 saturated carbocycles. The van der Waals surface area contributed by atoms with Crippen molar-refractivity contribution in [1.82, 2.24) is 10.9 Å². The lowest BCUT2D eigenvalue weighted by Gasteiger charge is -2.25. The van der Waals surface area contributed by atoms with Gasteiger partial charge in [0, 0.05) is 19.2 Å². The first-order valence-corrected chi connectivity index (χ1v) is 5.81. The lowest BCUT2D eigenvalue weighted by Crippen LogP contribution is -2.48. The molecule has 0 aliphatic heterocycles. The van der Waals surface area contributed by atoms with E-state index < -0.39 is 0 Å². The number of hydrogen-bond acceptors (Lipinski definition) is 4. The van der Waals surface area contributed by atoms with Crippen molar-refractivity contribution in [3.05, 3.63) is 24.3 Å². The first kappa shape index (κ1) is 12.8. The van der Waals surface area contributed by atoms with Crippen LogP contribution < -0.4 is 20.7 Å². The van der Waals surface area contributed by atoms with E-state index in [1.165, 1.54) is 0 Å². The summed E-state index contributed by atoms with van der Waals surface area (Å²) in [7, 11) is 0. The summed E-state index contributed by atoms with van der Waals surface area (Å²) in [6.45, 7) is 8.54. The largest absolute Gasteiger partial charge is 0.494 e. The number of benzene rings is 1. The quantitative estimate of drug-likeness (QED) is 0.693. The molecule has 1 aromatic rings. The van der Waals surface area contributed by atoms with Gasteiger partial charge in [-0.3, -0.25) is 0 Å². The van der Waals surface area contributed by atoms with Crippen LogP contribution in [0.4, 0.5) is 5.69 Å². The lowest BCUT2D eigenvalue weighted by atomic mass is 10.3. The van der Waals surface area contributed by atoms with Gasteiger partial charge in [0.25, 0.3) is 0 Å². The Morgan fingerprint density at radius 2 is 1.81 bits per heavy atom. The van der Waals surface area contributed by atoms with Gasteiger partial charge in [-0.2, -0.15) is 0 Å². The van der Waals surface area contributed by atoms with Crippen LogP contribution in [0.3, 0.4) is 0 Å². The van der Waals surface area contributed by atoms with E-state index in [1.54, 1.807) is 0 Å². The van der Waals surface area contributed by atoms with Crippen LogP contribution in [0.25, 0.3) is 0 Å². The molecule has 0 radical (unpaired) electrons. The van der Waals surface area contributed by atoms with E-state index in [0.717, 1.165) is 24.5 Å². The van der Waals surface area contributed by atoms with Crippen molar-refractivity contribution in [2.45, 2.75) is 20.8 Å². The van der Waals surface area contributed by atoms with E-state index in [-0.39, 0.29) is 0 Å².